The van der Waals surface area contributed by atoms with Gasteiger partial charge in [0.15, 0.2) is 0 Å². The van der Waals surface area contributed by atoms with Crippen LogP contribution < -0.4 is 5.73 Å². The minimum Gasteiger partial charge on any atom is -0.375 e. The van der Waals surface area contributed by atoms with Crippen LogP contribution in [0.3, 0.4) is 0 Å². The molecule has 1 unspecified atom stereocenters. The summed E-state index contributed by atoms with van der Waals surface area (Å²) in [5, 5.41) is 0.755. The highest BCUT2D eigenvalue weighted by molar-refractivity contribution is 7.89. The molecule has 2 atom stereocenters. The van der Waals surface area contributed by atoms with Crippen LogP contribution in [0, 0.1) is 0 Å². The van der Waals surface area contributed by atoms with Gasteiger partial charge in [-0.05, 0) is 24.6 Å². The van der Waals surface area contributed by atoms with Crippen LogP contribution in [-0.2, 0) is 14.8 Å². The third kappa shape index (κ3) is 2.17. The summed E-state index contributed by atoms with van der Waals surface area (Å²) in [6.45, 7) is 0.664. The number of nitrogens with two attached hydrogens (primary N) is 1. The molecule has 9 heteroatoms. The smallest absolute Gasteiger partial charge is 0.266 e. The lowest BCUT2D eigenvalue weighted by molar-refractivity contribution is 0.0608. The number of hydrogen-bond donors (Lipinski definition) is 2. The van der Waals surface area contributed by atoms with E-state index in [0.717, 1.165) is 0 Å². The lowest BCUT2D eigenvalue weighted by Gasteiger charge is -2.26. The fourth-order valence-electron chi connectivity index (χ4n) is 3.36. The summed E-state index contributed by atoms with van der Waals surface area (Å²) in [5.74, 6) is -0.823. The van der Waals surface area contributed by atoms with Crippen molar-refractivity contribution in [3.8, 4) is 0 Å². The van der Waals surface area contributed by atoms with Crippen molar-refractivity contribution in [3.05, 3.63) is 28.9 Å². The van der Waals surface area contributed by atoms with Crippen molar-refractivity contribution in [2.24, 2.45) is 5.73 Å². The van der Waals surface area contributed by atoms with Crippen molar-refractivity contribution in [2.75, 3.05) is 13.2 Å². The van der Waals surface area contributed by atoms with Gasteiger partial charge >= 0.3 is 0 Å². The van der Waals surface area contributed by atoms with E-state index in [1.54, 1.807) is 12.1 Å². The Bertz CT molecular complexity index is 923. The average Bonchev–Trinajstić information content (AvgIpc) is 3.19. The Kier molecular flexibility index (Phi) is 3.21. The van der Waals surface area contributed by atoms with Crippen molar-refractivity contribution >= 4 is 38.4 Å². The predicted molar refractivity (Wildman–Crippen MR) is 83.9 cm³/mol. The highest BCUT2D eigenvalue weighted by Gasteiger charge is 2.47. The standard InChI is InChI=1S/C14H14ClN3O4S/c15-7-1-2-11-10(3-7)13(12(17-11)14(16)19)23(20,21)18-5-9-4-8(18)6-22-9/h1-3,8-9,17H,4-6H2,(H2,16,19)/t8-,9?/m1/s1. The van der Waals surface area contributed by atoms with Crippen molar-refractivity contribution < 1.29 is 17.9 Å². The number of hydrogen-bond acceptors (Lipinski definition) is 4. The molecule has 7 nitrogen and oxygen atoms in total. The maximum atomic E-state index is 13.1. The molecule has 122 valence electrons. The Morgan fingerprint density at radius 2 is 2.22 bits per heavy atom. The van der Waals surface area contributed by atoms with E-state index in [4.69, 9.17) is 22.1 Å². The zero-order valence-electron chi connectivity index (χ0n) is 12.0. The number of primary amides is 1. The maximum absolute atomic E-state index is 13.1. The van der Waals surface area contributed by atoms with E-state index < -0.39 is 15.9 Å². The number of nitrogens with zero attached hydrogens (tertiary/aromatic N) is 1. The molecule has 3 N–H and O–H groups in total. The maximum Gasteiger partial charge on any atom is 0.266 e. The molecule has 23 heavy (non-hydrogen) atoms. The molecule has 0 aliphatic carbocycles. The number of morpholine rings is 1. The number of fused-ring (bicyclic) bond motifs is 3. The molecule has 2 aromatic rings. The van der Waals surface area contributed by atoms with Crippen molar-refractivity contribution in [1.29, 1.82) is 0 Å². The van der Waals surface area contributed by atoms with Crippen LogP contribution in [-0.4, -0.2) is 48.9 Å². The van der Waals surface area contributed by atoms with Gasteiger partial charge in [0.1, 0.15) is 10.6 Å². The van der Waals surface area contributed by atoms with Crippen molar-refractivity contribution in [2.45, 2.75) is 23.5 Å². The Morgan fingerprint density at radius 3 is 2.83 bits per heavy atom. The van der Waals surface area contributed by atoms with Crippen LogP contribution in [0.1, 0.15) is 16.9 Å². The topological polar surface area (TPSA) is 105 Å². The quantitative estimate of drug-likeness (QED) is 0.859. The molecule has 0 saturated carbocycles. The normalized spacial score (nSPS) is 24.6. The van der Waals surface area contributed by atoms with Gasteiger partial charge in [-0.2, -0.15) is 4.31 Å². The summed E-state index contributed by atoms with van der Waals surface area (Å²) < 4.78 is 33.1. The highest BCUT2D eigenvalue weighted by atomic mass is 35.5. The number of ether oxygens (including phenoxy) is 1. The van der Waals surface area contributed by atoms with Crippen LogP contribution in [0.2, 0.25) is 5.02 Å². The number of H-pyrrole nitrogens is 1. The SMILES string of the molecule is NC(=O)c1[nH]c2ccc(Cl)cc2c1S(=O)(=O)N1CC2C[C@@H]1CO2. The molecule has 1 aromatic heterocycles. The second-order valence-corrected chi connectivity index (χ2v) is 8.07. The number of rotatable bonds is 3. The van der Waals surface area contributed by atoms with Crippen LogP contribution in [0.4, 0.5) is 0 Å². The molecule has 2 bridgehead atoms. The van der Waals surface area contributed by atoms with Gasteiger partial charge < -0.3 is 15.5 Å². The van der Waals surface area contributed by atoms with Gasteiger partial charge in [-0.3, -0.25) is 4.79 Å². The summed E-state index contributed by atoms with van der Waals surface area (Å²) in [6, 6.07) is 4.57. The van der Waals surface area contributed by atoms with Gasteiger partial charge in [-0.15, -0.1) is 0 Å². The first-order valence-electron chi connectivity index (χ1n) is 7.12. The number of aromatic amines is 1. The Labute approximate surface area is 137 Å². The number of halogens is 1. The fraction of sp³-hybridized carbons (Fsp3) is 0.357. The number of aromatic nitrogens is 1. The van der Waals surface area contributed by atoms with Crippen molar-refractivity contribution in [1.82, 2.24) is 9.29 Å². The zero-order chi connectivity index (χ0) is 16.4. The molecular formula is C14H14ClN3O4S. The van der Waals surface area contributed by atoms with E-state index in [0.29, 0.717) is 35.5 Å². The molecule has 4 rings (SSSR count). The summed E-state index contributed by atoms with van der Waals surface area (Å²) in [6.07, 6.45) is 0.592. The summed E-state index contributed by atoms with van der Waals surface area (Å²) >= 11 is 5.99. The Hall–Kier alpha value is -1.61. The Morgan fingerprint density at radius 1 is 1.43 bits per heavy atom. The van der Waals surface area contributed by atoms with Gasteiger partial charge in [0, 0.05) is 22.5 Å². The number of benzene rings is 1. The lowest BCUT2D eigenvalue weighted by atomic mass is 10.2. The molecule has 1 aromatic carbocycles. The van der Waals surface area contributed by atoms with Crippen LogP contribution >= 0.6 is 11.6 Å². The third-order valence-electron chi connectivity index (χ3n) is 4.38. The number of sulfonamides is 1. The minimum atomic E-state index is -3.88. The first-order valence-corrected chi connectivity index (χ1v) is 8.94. The van der Waals surface area contributed by atoms with E-state index >= 15 is 0 Å². The number of carbonyl (C=O) groups is 1. The first kappa shape index (κ1) is 14.9. The summed E-state index contributed by atoms with van der Waals surface area (Å²) in [5.41, 5.74) is 5.76. The van der Waals surface area contributed by atoms with Gasteiger partial charge in [0.05, 0.1) is 18.8 Å². The van der Waals surface area contributed by atoms with Crippen molar-refractivity contribution in [3.63, 3.8) is 0 Å². The van der Waals surface area contributed by atoms with E-state index in [1.807, 2.05) is 0 Å². The van der Waals surface area contributed by atoms with Gasteiger partial charge in [-0.1, -0.05) is 11.6 Å². The second-order valence-electron chi connectivity index (χ2n) is 5.80. The predicted octanol–water partition coefficient (Wildman–Crippen LogP) is 1.08. The third-order valence-corrected chi connectivity index (χ3v) is 6.62. The van der Waals surface area contributed by atoms with Crippen LogP contribution in [0.15, 0.2) is 23.1 Å². The summed E-state index contributed by atoms with van der Waals surface area (Å²) in [4.78, 5) is 14.4. The van der Waals surface area contributed by atoms with E-state index in [1.165, 1.54) is 10.4 Å². The summed E-state index contributed by atoms with van der Waals surface area (Å²) in [7, 11) is -3.88. The van der Waals surface area contributed by atoms with Crippen LogP contribution in [0.25, 0.3) is 10.9 Å². The van der Waals surface area contributed by atoms with Gasteiger partial charge in [0.25, 0.3) is 5.91 Å². The molecule has 2 aliphatic heterocycles. The van der Waals surface area contributed by atoms with Crippen LogP contribution in [0.5, 0.6) is 0 Å². The average molecular weight is 356 g/mol. The largest absolute Gasteiger partial charge is 0.375 e. The number of amides is 1. The second kappa shape index (κ2) is 4.94. The molecule has 2 saturated heterocycles. The first-order chi connectivity index (χ1) is 10.9. The molecule has 2 aliphatic rings. The molecular weight excluding hydrogens is 342 g/mol. The van der Waals surface area contributed by atoms with Gasteiger partial charge in [0.2, 0.25) is 10.0 Å². The lowest BCUT2D eigenvalue weighted by Crippen LogP contribution is -2.41. The molecule has 3 heterocycles. The molecule has 0 radical (unpaired) electrons. The Balaban J connectivity index is 1.94. The van der Waals surface area contributed by atoms with Gasteiger partial charge in [-0.25, -0.2) is 8.42 Å². The number of nitrogens with one attached hydrogen (secondary N) is 1. The monoisotopic (exact) mass is 355 g/mol. The minimum absolute atomic E-state index is 0.0828. The molecule has 2 fully saturated rings. The molecule has 1 amide bonds. The van der Waals surface area contributed by atoms with E-state index in [-0.39, 0.29) is 22.7 Å². The fourth-order valence-corrected chi connectivity index (χ4v) is 5.52. The zero-order valence-corrected chi connectivity index (χ0v) is 13.5. The van der Waals surface area contributed by atoms with E-state index in [9.17, 15) is 13.2 Å². The van der Waals surface area contributed by atoms with E-state index in [2.05, 4.69) is 4.98 Å². The molecule has 0 spiro atoms. The number of carbonyl (C=O) groups excluding carboxylic acids is 1. The highest BCUT2D eigenvalue weighted by Crippen LogP contribution is 2.37.